The minimum absolute atomic E-state index is 0.199. The van der Waals surface area contributed by atoms with Crippen molar-refractivity contribution < 1.29 is 19.5 Å². The van der Waals surface area contributed by atoms with Crippen LogP contribution in [-0.4, -0.2) is 26.2 Å². The molecule has 110 valence electrons. The Labute approximate surface area is 123 Å². The van der Waals surface area contributed by atoms with Crippen molar-refractivity contribution in [3.05, 3.63) is 54.0 Å². The summed E-state index contributed by atoms with van der Waals surface area (Å²) in [6, 6.07) is 8.60. The first-order valence-corrected chi connectivity index (χ1v) is 6.29. The summed E-state index contributed by atoms with van der Waals surface area (Å²) >= 11 is 0. The van der Waals surface area contributed by atoms with Crippen molar-refractivity contribution in [1.82, 2.24) is 15.4 Å². The number of hydrogen-bond acceptors (Lipinski definition) is 5. The molecular weight excluding hydrogens is 289 g/mol. The molecule has 3 rings (SSSR count). The van der Waals surface area contributed by atoms with Gasteiger partial charge in [-0.2, -0.15) is 0 Å². The number of fused-ring (bicyclic) bond motifs is 1. The number of aromatic hydroxyl groups is 1. The van der Waals surface area contributed by atoms with Gasteiger partial charge in [0.05, 0.1) is 22.9 Å². The second-order valence-corrected chi connectivity index (χ2v) is 4.54. The van der Waals surface area contributed by atoms with Gasteiger partial charge in [0.1, 0.15) is 0 Å². The van der Waals surface area contributed by atoms with Crippen molar-refractivity contribution in [3.8, 4) is 17.0 Å². The zero-order chi connectivity index (χ0) is 15.7. The van der Waals surface area contributed by atoms with E-state index in [0.29, 0.717) is 11.0 Å². The minimum Gasteiger partial charge on any atom is -0.504 e. The molecule has 0 aliphatic rings. The molecule has 0 saturated heterocycles. The van der Waals surface area contributed by atoms with Crippen LogP contribution >= 0.6 is 0 Å². The molecule has 0 saturated carbocycles. The number of phenols is 1. The maximum Gasteiger partial charge on any atom is 0.274 e. The summed E-state index contributed by atoms with van der Waals surface area (Å²) in [7, 11) is 0. The highest BCUT2D eigenvalue weighted by atomic mass is 19.1. The number of para-hydroxylation sites is 1. The van der Waals surface area contributed by atoms with Gasteiger partial charge in [-0.15, -0.1) is 0 Å². The lowest BCUT2D eigenvalue weighted by Gasteiger charge is -2.06. The van der Waals surface area contributed by atoms with Gasteiger partial charge in [-0.1, -0.05) is 6.07 Å². The van der Waals surface area contributed by atoms with Crippen LogP contribution in [0.2, 0.25) is 0 Å². The number of hydroxylamine groups is 1. The van der Waals surface area contributed by atoms with Gasteiger partial charge in [-0.25, -0.2) is 14.9 Å². The monoisotopic (exact) mass is 299 g/mol. The maximum absolute atomic E-state index is 13.4. The molecule has 1 amide bonds. The Bertz CT molecular complexity index is 883. The lowest BCUT2D eigenvalue weighted by molar-refractivity contribution is 0.0706. The zero-order valence-electron chi connectivity index (χ0n) is 11.1. The molecule has 0 radical (unpaired) electrons. The Kier molecular flexibility index (Phi) is 3.40. The van der Waals surface area contributed by atoms with E-state index < -0.39 is 17.5 Å². The van der Waals surface area contributed by atoms with Gasteiger partial charge < -0.3 is 5.11 Å². The second-order valence-electron chi connectivity index (χ2n) is 4.54. The van der Waals surface area contributed by atoms with E-state index in [2.05, 4.69) is 9.97 Å². The van der Waals surface area contributed by atoms with E-state index in [9.17, 15) is 14.3 Å². The van der Waals surface area contributed by atoms with Gasteiger partial charge in [0.2, 0.25) is 0 Å². The van der Waals surface area contributed by atoms with E-state index in [1.54, 1.807) is 6.07 Å². The van der Waals surface area contributed by atoms with E-state index in [1.807, 2.05) is 0 Å². The summed E-state index contributed by atoms with van der Waals surface area (Å²) in [5.74, 6) is -1.95. The SMILES string of the molecule is O=C(NO)c1ccc2ncc(-c3cccc(F)c3O)nc2c1. The van der Waals surface area contributed by atoms with Crippen LogP contribution in [0.5, 0.6) is 5.75 Å². The molecule has 1 aromatic heterocycles. The third-order valence-corrected chi connectivity index (χ3v) is 3.17. The normalized spacial score (nSPS) is 10.6. The number of nitrogens with zero attached hydrogens (tertiary/aromatic N) is 2. The molecule has 1 heterocycles. The topological polar surface area (TPSA) is 95.3 Å². The lowest BCUT2D eigenvalue weighted by Crippen LogP contribution is -2.18. The molecule has 22 heavy (non-hydrogen) atoms. The smallest absolute Gasteiger partial charge is 0.274 e. The zero-order valence-corrected chi connectivity index (χ0v) is 11.1. The minimum atomic E-state index is -0.757. The molecule has 0 bridgehead atoms. The van der Waals surface area contributed by atoms with Crippen molar-refractivity contribution in [2.45, 2.75) is 0 Å². The van der Waals surface area contributed by atoms with Crippen molar-refractivity contribution in [3.63, 3.8) is 0 Å². The number of halogens is 1. The average molecular weight is 299 g/mol. The number of benzene rings is 2. The van der Waals surface area contributed by atoms with Crippen LogP contribution in [0.15, 0.2) is 42.6 Å². The Morgan fingerprint density at radius 3 is 2.77 bits per heavy atom. The summed E-state index contributed by atoms with van der Waals surface area (Å²) < 4.78 is 13.4. The van der Waals surface area contributed by atoms with Crippen LogP contribution in [0.1, 0.15) is 10.4 Å². The summed E-state index contributed by atoms with van der Waals surface area (Å²) in [4.78, 5) is 19.9. The molecule has 2 aromatic carbocycles. The first-order chi connectivity index (χ1) is 10.6. The van der Waals surface area contributed by atoms with Gasteiger partial charge in [0.25, 0.3) is 5.91 Å². The lowest BCUT2D eigenvalue weighted by atomic mass is 10.1. The first kappa shape index (κ1) is 13.9. The van der Waals surface area contributed by atoms with Crippen LogP contribution in [0.3, 0.4) is 0 Å². The van der Waals surface area contributed by atoms with E-state index in [4.69, 9.17) is 5.21 Å². The number of nitrogens with one attached hydrogen (secondary N) is 1. The molecule has 0 fully saturated rings. The van der Waals surface area contributed by atoms with E-state index in [1.165, 1.54) is 35.9 Å². The number of amides is 1. The van der Waals surface area contributed by atoms with E-state index in [0.717, 1.165) is 6.07 Å². The fraction of sp³-hybridized carbons (Fsp3) is 0. The number of carbonyl (C=O) groups is 1. The van der Waals surface area contributed by atoms with Gasteiger partial charge in [0, 0.05) is 11.1 Å². The maximum atomic E-state index is 13.4. The number of hydrogen-bond donors (Lipinski definition) is 3. The largest absolute Gasteiger partial charge is 0.504 e. The third kappa shape index (κ3) is 2.33. The Hall–Kier alpha value is -3.06. The van der Waals surface area contributed by atoms with Gasteiger partial charge in [0.15, 0.2) is 11.6 Å². The van der Waals surface area contributed by atoms with Crippen LogP contribution in [0, 0.1) is 5.82 Å². The number of rotatable bonds is 2. The average Bonchev–Trinajstić information content (AvgIpc) is 2.55. The number of phenolic OH excluding ortho intramolecular Hbond substituents is 1. The Morgan fingerprint density at radius 1 is 1.18 bits per heavy atom. The molecule has 0 unspecified atom stereocenters. The second kappa shape index (κ2) is 5.38. The molecule has 3 aromatic rings. The highest BCUT2D eigenvalue weighted by molar-refractivity contribution is 5.96. The van der Waals surface area contributed by atoms with Crippen molar-refractivity contribution in [1.29, 1.82) is 0 Å². The first-order valence-electron chi connectivity index (χ1n) is 6.29. The summed E-state index contributed by atoms with van der Waals surface area (Å²) in [6.45, 7) is 0. The fourth-order valence-electron chi connectivity index (χ4n) is 2.07. The van der Waals surface area contributed by atoms with E-state index >= 15 is 0 Å². The standard InChI is InChI=1S/C15H10FN3O3/c16-10-3-1-2-9(14(10)20)13-7-17-11-5-4-8(15(21)19-22)6-12(11)18-13/h1-7,20,22H,(H,19,21). The summed E-state index contributed by atoms with van der Waals surface area (Å²) in [6.07, 6.45) is 1.41. The molecule has 0 aliphatic heterocycles. The Morgan fingerprint density at radius 2 is 2.00 bits per heavy atom. The number of aromatic nitrogens is 2. The van der Waals surface area contributed by atoms with Crippen LogP contribution in [0.25, 0.3) is 22.3 Å². The highest BCUT2D eigenvalue weighted by Gasteiger charge is 2.12. The van der Waals surface area contributed by atoms with Crippen LogP contribution < -0.4 is 5.48 Å². The summed E-state index contributed by atoms with van der Waals surface area (Å²) in [5.41, 5.74) is 3.10. The van der Waals surface area contributed by atoms with Crippen LogP contribution in [0.4, 0.5) is 4.39 Å². The fourth-order valence-corrected chi connectivity index (χ4v) is 2.07. The predicted molar refractivity (Wildman–Crippen MR) is 75.8 cm³/mol. The highest BCUT2D eigenvalue weighted by Crippen LogP contribution is 2.30. The van der Waals surface area contributed by atoms with E-state index in [-0.39, 0.29) is 16.8 Å². The van der Waals surface area contributed by atoms with Crippen LogP contribution in [-0.2, 0) is 0 Å². The molecule has 6 nitrogen and oxygen atoms in total. The molecule has 3 N–H and O–H groups in total. The molecule has 0 atom stereocenters. The number of carbonyl (C=O) groups excluding carboxylic acids is 1. The molecular formula is C15H10FN3O3. The van der Waals surface area contributed by atoms with Crippen molar-refractivity contribution >= 4 is 16.9 Å². The van der Waals surface area contributed by atoms with Gasteiger partial charge in [-0.05, 0) is 30.3 Å². The van der Waals surface area contributed by atoms with Gasteiger partial charge in [-0.3, -0.25) is 15.0 Å². The summed E-state index contributed by atoms with van der Waals surface area (Å²) in [5, 5.41) is 18.4. The van der Waals surface area contributed by atoms with Crippen molar-refractivity contribution in [2.75, 3.05) is 0 Å². The third-order valence-electron chi connectivity index (χ3n) is 3.17. The molecule has 0 spiro atoms. The van der Waals surface area contributed by atoms with Gasteiger partial charge >= 0.3 is 0 Å². The molecule has 7 heteroatoms. The molecule has 0 aliphatic carbocycles. The predicted octanol–water partition coefficient (Wildman–Crippen LogP) is 2.26. The Balaban J connectivity index is 2.16. The van der Waals surface area contributed by atoms with Crippen molar-refractivity contribution in [2.24, 2.45) is 0 Å². The quantitative estimate of drug-likeness (QED) is 0.498.